The highest BCUT2D eigenvalue weighted by atomic mass is 35.5. The Labute approximate surface area is 108 Å². The zero-order chi connectivity index (χ0) is 12.8. The molecule has 0 fully saturated rings. The van der Waals surface area contributed by atoms with Gasteiger partial charge >= 0.3 is 0 Å². The molecular weight excluding hydrogens is 238 g/mol. The minimum Gasteiger partial charge on any atom is -0.396 e. The summed E-state index contributed by atoms with van der Waals surface area (Å²) >= 11 is 6.31. The van der Waals surface area contributed by atoms with E-state index in [1.165, 1.54) is 0 Å². The summed E-state index contributed by atoms with van der Waals surface area (Å²) in [6.07, 6.45) is 1.65. The van der Waals surface area contributed by atoms with Crippen molar-refractivity contribution in [2.24, 2.45) is 7.05 Å². The van der Waals surface area contributed by atoms with Gasteiger partial charge in [-0.05, 0) is 19.4 Å². The largest absolute Gasteiger partial charge is 0.396 e. The summed E-state index contributed by atoms with van der Waals surface area (Å²) < 4.78 is 1.86. The summed E-state index contributed by atoms with van der Waals surface area (Å²) in [5, 5.41) is 14.1. The average Bonchev–Trinajstić information content (AvgIpc) is 2.60. The third-order valence-electron chi connectivity index (χ3n) is 2.96. The van der Waals surface area contributed by atoms with Crippen LogP contribution in [0.3, 0.4) is 0 Å². The SMILES string of the molecule is CCc1nn(C)c(CN(CC)CCCO)c1Cl. The maximum atomic E-state index is 8.86. The Hall–Kier alpha value is -0.580. The van der Waals surface area contributed by atoms with Gasteiger partial charge in [0, 0.05) is 26.7 Å². The van der Waals surface area contributed by atoms with Crippen LogP contribution in [0.5, 0.6) is 0 Å². The molecule has 1 aromatic rings. The van der Waals surface area contributed by atoms with E-state index in [0.29, 0.717) is 0 Å². The molecule has 0 unspecified atom stereocenters. The first-order chi connectivity index (χ1) is 8.13. The second-order valence-corrected chi connectivity index (χ2v) is 4.51. The number of aryl methyl sites for hydroxylation is 2. The molecule has 0 aliphatic rings. The lowest BCUT2D eigenvalue weighted by Gasteiger charge is -2.20. The number of hydrogen-bond acceptors (Lipinski definition) is 3. The van der Waals surface area contributed by atoms with E-state index in [2.05, 4.69) is 23.8 Å². The Kier molecular flexibility index (Phi) is 5.95. The van der Waals surface area contributed by atoms with Crippen LogP contribution >= 0.6 is 11.6 Å². The van der Waals surface area contributed by atoms with E-state index in [1.807, 2.05) is 11.7 Å². The lowest BCUT2D eigenvalue weighted by Crippen LogP contribution is -2.26. The number of aliphatic hydroxyl groups excluding tert-OH is 1. The molecule has 17 heavy (non-hydrogen) atoms. The van der Waals surface area contributed by atoms with E-state index in [-0.39, 0.29) is 6.61 Å². The number of nitrogens with zero attached hydrogens (tertiary/aromatic N) is 3. The Bertz CT molecular complexity index is 352. The lowest BCUT2D eigenvalue weighted by molar-refractivity contribution is 0.222. The zero-order valence-electron chi connectivity index (χ0n) is 10.9. The minimum absolute atomic E-state index is 0.232. The third-order valence-corrected chi connectivity index (χ3v) is 3.39. The van der Waals surface area contributed by atoms with Crippen LogP contribution in [0.4, 0.5) is 0 Å². The van der Waals surface area contributed by atoms with Crippen molar-refractivity contribution in [1.29, 1.82) is 0 Å². The molecule has 0 aliphatic heterocycles. The van der Waals surface area contributed by atoms with Gasteiger partial charge in [0.25, 0.3) is 0 Å². The van der Waals surface area contributed by atoms with Gasteiger partial charge < -0.3 is 5.11 Å². The van der Waals surface area contributed by atoms with Crippen molar-refractivity contribution in [2.75, 3.05) is 19.7 Å². The molecule has 0 saturated carbocycles. The molecular formula is C12H22ClN3O. The van der Waals surface area contributed by atoms with Gasteiger partial charge in [0.2, 0.25) is 0 Å². The summed E-state index contributed by atoms with van der Waals surface area (Å²) in [7, 11) is 1.93. The summed E-state index contributed by atoms with van der Waals surface area (Å²) in [5.41, 5.74) is 2.02. The van der Waals surface area contributed by atoms with Crippen LogP contribution in [0, 0.1) is 0 Å². The molecule has 0 aromatic carbocycles. The lowest BCUT2D eigenvalue weighted by atomic mass is 10.2. The summed E-state index contributed by atoms with van der Waals surface area (Å²) in [6.45, 7) is 7.03. The molecule has 1 heterocycles. The van der Waals surface area contributed by atoms with Crippen LogP contribution in [0.25, 0.3) is 0 Å². The van der Waals surface area contributed by atoms with Crippen LogP contribution in [-0.4, -0.2) is 39.5 Å². The standard InChI is InChI=1S/C12H22ClN3O/c1-4-10-12(13)11(15(3)14-10)9-16(5-2)7-6-8-17/h17H,4-9H2,1-3H3. The van der Waals surface area contributed by atoms with Gasteiger partial charge in [-0.25, -0.2) is 0 Å². The van der Waals surface area contributed by atoms with Crippen molar-refractivity contribution in [3.63, 3.8) is 0 Å². The fourth-order valence-electron chi connectivity index (χ4n) is 1.85. The Morgan fingerprint density at radius 3 is 2.59 bits per heavy atom. The summed E-state index contributed by atoms with van der Waals surface area (Å²) in [5.74, 6) is 0. The van der Waals surface area contributed by atoms with Crippen LogP contribution in [0.1, 0.15) is 31.7 Å². The van der Waals surface area contributed by atoms with Gasteiger partial charge in [-0.3, -0.25) is 9.58 Å². The maximum Gasteiger partial charge on any atom is 0.0863 e. The van der Waals surface area contributed by atoms with Crippen LogP contribution < -0.4 is 0 Å². The minimum atomic E-state index is 0.232. The average molecular weight is 260 g/mol. The highest BCUT2D eigenvalue weighted by Crippen LogP contribution is 2.22. The highest BCUT2D eigenvalue weighted by molar-refractivity contribution is 6.31. The number of hydrogen-bond donors (Lipinski definition) is 1. The van der Waals surface area contributed by atoms with Crippen molar-refractivity contribution < 1.29 is 5.11 Å². The van der Waals surface area contributed by atoms with Gasteiger partial charge in [-0.15, -0.1) is 0 Å². The second kappa shape index (κ2) is 6.99. The molecule has 0 radical (unpaired) electrons. The van der Waals surface area contributed by atoms with E-state index in [1.54, 1.807) is 0 Å². The van der Waals surface area contributed by atoms with Gasteiger partial charge in [-0.1, -0.05) is 25.4 Å². The normalized spacial score (nSPS) is 11.4. The van der Waals surface area contributed by atoms with Crippen LogP contribution in [0.2, 0.25) is 5.02 Å². The van der Waals surface area contributed by atoms with Crippen LogP contribution in [0.15, 0.2) is 0 Å². The van der Waals surface area contributed by atoms with Crippen LogP contribution in [-0.2, 0) is 20.0 Å². The summed E-state index contributed by atoms with van der Waals surface area (Å²) in [6, 6.07) is 0. The first-order valence-electron chi connectivity index (χ1n) is 6.17. The third kappa shape index (κ3) is 3.69. The Morgan fingerprint density at radius 1 is 1.41 bits per heavy atom. The van der Waals surface area contributed by atoms with E-state index in [0.717, 1.165) is 48.9 Å². The van der Waals surface area contributed by atoms with E-state index in [4.69, 9.17) is 16.7 Å². The molecule has 5 heteroatoms. The molecule has 0 amide bonds. The quantitative estimate of drug-likeness (QED) is 0.813. The van der Waals surface area contributed by atoms with E-state index >= 15 is 0 Å². The van der Waals surface area contributed by atoms with Gasteiger partial charge in [0.1, 0.15) is 0 Å². The van der Waals surface area contributed by atoms with Gasteiger partial charge in [0.15, 0.2) is 0 Å². The Balaban J connectivity index is 2.75. The monoisotopic (exact) mass is 259 g/mol. The van der Waals surface area contributed by atoms with Gasteiger partial charge in [0.05, 0.1) is 16.4 Å². The predicted molar refractivity (Wildman–Crippen MR) is 70.2 cm³/mol. The van der Waals surface area contributed by atoms with Crippen molar-refractivity contribution in [3.8, 4) is 0 Å². The molecule has 4 nitrogen and oxygen atoms in total. The predicted octanol–water partition coefficient (Wildman–Crippen LogP) is 1.84. The van der Waals surface area contributed by atoms with Gasteiger partial charge in [-0.2, -0.15) is 5.10 Å². The fraction of sp³-hybridized carbons (Fsp3) is 0.750. The Morgan fingerprint density at radius 2 is 2.12 bits per heavy atom. The molecule has 0 atom stereocenters. The fourth-order valence-corrected chi connectivity index (χ4v) is 2.20. The number of aromatic nitrogens is 2. The number of halogens is 1. The number of aliphatic hydroxyl groups is 1. The topological polar surface area (TPSA) is 41.3 Å². The van der Waals surface area contributed by atoms with Crippen molar-refractivity contribution >= 4 is 11.6 Å². The molecule has 0 spiro atoms. The van der Waals surface area contributed by atoms with E-state index < -0.39 is 0 Å². The zero-order valence-corrected chi connectivity index (χ0v) is 11.7. The van der Waals surface area contributed by atoms with Crippen molar-refractivity contribution in [3.05, 3.63) is 16.4 Å². The molecule has 98 valence electrons. The summed E-state index contributed by atoms with van der Waals surface area (Å²) in [4.78, 5) is 2.26. The maximum absolute atomic E-state index is 8.86. The first kappa shape index (κ1) is 14.5. The highest BCUT2D eigenvalue weighted by Gasteiger charge is 2.15. The molecule has 0 bridgehead atoms. The van der Waals surface area contributed by atoms with Crippen molar-refractivity contribution in [1.82, 2.24) is 14.7 Å². The van der Waals surface area contributed by atoms with E-state index in [9.17, 15) is 0 Å². The number of rotatable bonds is 7. The molecule has 1 N–H and O–H groups in total. The molecule has 0 aliphatic carbocycles. The second-order valence-electron chi connectivity index (χ2n) is 4.13. The molecule has 0 saturated heterocycles. The van der Waals surface area contributed by atoms with Crippen molar-refractivity contribution in [2.45, 2.75) is 33.2 Å². The first-order valence-corrected chi connectivity index (χ1v) is 6.55. The molecule has 1 aromatic heterocycles. The smallest absolute Gasteiger partial charge is 0.0863 e. The molecule has 1 rings (SSSR count).